The van der Waals surface area contributed by atoms with Crippen molar-refractivity contribution in [2.45, 2.75) is 25.3 Å². The minimum Gasteiger partial charge on any atom is -0.330 e. The van der Waals surface area contributed by atoms with Crippen LogP contribution >= 0.6 is 0 Å². The van der Waals surface area contributed by atoms with E-state index in [4.69, 9.17) is 5.73 Å². The summed E-state index contributed by atoms with van der Waals surface area (Å²) in [6.45, 7) is 2.02. The molecule has 0 bridgehead atoms. The van der Waals surface area contributed by atoms with Gasteiger partial charge in [-0.25, -0.2) is 9.37 Å². The maximum absolute atomic E-state index is 13.2. The standard InChI is InChI=1S/C13H16FN3/c1-13(15,8-3-4-8)12-16-10-7-9(14)5-6-11(10)17(12)2/h5-8H,3-4,15H2,1-2H3. The highest BCUT2D eigenvalue weighted by atomic mass is 19.1. The lowest BCUT2D eigenvalue weighted by molar-refractivity contribution is 0.391. The van der Waals surface area contributed by atoms with Gasteiger partial charge in [-0.1, -0.05) is 0 Å². The number of rotatable bonds is 2. The summed E-state index contributed by atoms with van der Waals surface area (Å²) in [5.41, 5.74) is 7.57. The van der Waals surface area contributed by atoms with E-state index < -0.39 is 5.54 Å². The van der Waals surface area contributed by atoms with Gasteiger partial charge in [-0.3, -0.25) is 0 Å². The Hall–Kier alpha value is -1.42. The lowest BCUT2D eigenvalue weighted by atomic mass is 9.96. The molecule has 1 fully saturated rings. The zero-order valence-electron chi connectivity index (χ0n) is 10.1. The molecule has 0 amide bonds. The number of nitrogens with two attached hydrogens (primary N) is 1. The molecule has 17 heavy (non-hydrogen) atoms. The minimum absolute atomic E-state index is 0.257. The lowest BCUT2D eigenvalue weighted by Gasteiger charge is -2.23. The molecule has 1 aromatic carbocycles. The molecule has 1 aliphatic carbocycles. The van der Waals surface area contributed by atoms with Crippen molar-refractivity contribution in [1.29, 1.82) is 0 Å². The van der Waals surface area contributed by atoms with Crippen LogP contribution in [0.1, 0.15) is 25.6 Å². The highest BCUT2D eigenvalue weighted by Crippen LogP contribution is 2.43. The zero-order chi connectivity index (χ0) is 12.2. The highest BCUT2D eigenvalue weighted by Gasteiger charge is 2.42. The molecule has 1 aliphatic rings. The van der Waals surface area contributed by atoms with Gasteiger partial charge < -0.3 is 10.3 Å². The fraction of sp³-hybridized carbons (Fsp3) is 0.462. The van der Waals surface area contributed by atoms with Crippen molar-refractivity contribution in [3.63, 3.8) is 0 Å². The summed E-state index contributed by atoms with van der Waals surface area (Å²) in [6, 6.07) is 4.67. The Morgan fingerprint density at radius 2 is 2.18 bits per heavy atom. The molecule has 2 aromatic rings. The first-order valence-corrected chi connectivity index (χ1v) is 5.91. The molecule has 0 aliphatic heterocycles. The van der Waals surface area contributed by atoms with Gasteiger partial charge in [-0.15, -0.1) is 0 Å². The first-order chi connectivity index (χ1) is 8.00. The van der Waals surface area contributed by atoms with Crippen LogP contribution in [0.15, 0.2) is 18.2 Å². The molecule has 1 aromatic heterocycles. The van der Waals surface area contributed by atoms with Crippen LogP contribution < -0.4 is 5.73 Å². The van der Waals surface area contributed by atoms with Gasteiger partial charge in [0.25, 0.3) is 0 Å². The van der Waals surface area contributed by atoms with Crippen LogP contribution in [-0.2, 0) is 12.6 Å². The van der Waals surface area contributed by atoms with Crippen LogP contribution in [0.4, 0.5) is 4.39 Å². The van der Waals surface area contributed by atoms with Crippen LogP contribution in [0.2, 0.25) is 0 Å². The van der Waals surface area contributed by atoms with Gasteiger partial charge in [-0.2, -0.15) is 0 Å². The highest BCUT2D eigenvalue weighted by molar-refractivity contribution is 5.76. The van der Waals surface area contributed by atoms with Crippen molar-refractivity contribution in [3.8, 4) is 0 Å². The summed E-state index contributed by atoms with van der Waals surface area (Å²) >= 11 is 0. The molecule has 3 rings (SSSR count). The van der Waals surface area contributed by atoms with Gasteiger partial charge in [0.2, 0.25) is 0 Å². The van der Waals surface area contributed by atoms with Crippen molar-refractivity contribution in [2.24, 2.45) is 18.7 Å². The van der Waals surface area contributed by atoms with E-state index in [2.05, 4.69) is 4.98 Å². The molecule has 3 nitrogen and oxygen atoms in total. The topological polar surface area (TPSA) is 43.8 Å². The number of fused-ring (bicyclic) bond motifs is 1. The van der Waals surface area contributed by atoms with E-state index in [9.17, 15) is 4.39 Å². The van der Waals surface area contributed by atoms with Crippen molar-refractivity contribution in [1.82, 2.24) is 9.55 Å². The van der Waals surface area contributed by atoms with Crippen molar-refractivity contribution >= 4 is 11.0 Å². The number of halogens is 1. The Balaban J connectivity index is 2.20. The molecule has 1 unspecified atom stereocenters. The third-order valence-corrected chi connectivity index (χ3v) is 3.75. The molecule has 0 spiro atoms. The van der Waals surface area contributed by atoms with E-state index in [0.29, 0.717) is 11.4 Å². The van der Waals surface area contributed by atoms with Gasteiger partial charge in [0.15, 0.2) is 0 Å². The smallest absolute Gasteiger partial charge is 0.129 e. The second-order valence-electron chi connectivity index (χ2n) is 5.18. The lowest BCUT2D eigenvalue weighted by Crippen LogP contribution is -2.38. The van der Waals surface area contributed by atoms with Crippen LogP contribution in [0.3, 0.4) is 0 Å². The molecule has 1 saturated carbocycles. The Morgan fingerprint density at radius 3 is 2.82 bits per heavy atom. The average Bonchev–Trinajstić information content (AvgIpc) is 3.05. The molecule has 1 atom stereocenters. The molecule has 2 N–H and O–H groups in total. The Bertz CT molecular complexity index is 582. The number of hydrogen-bond donors (Lipinski definition) is 1. The molecule has 1 heterocycles. The summed E-state index contributed by atoms with van der Waals surface area (Å²) in [7, 11) is 1.94. The van der Waals surface area contributed by atoms with Crippen LogP contribution in [-0.4, -0.2) is 9.55 Å². The number of aryl methyl sites for hydroxylation is 1. The number of hydrogen-bond acceptors (Lipinski definition) is 2. The van der Waals surface area contributed by atoms with E-state index in [1.54, 1.807) is 6.07 Å². The van der Waals surface area contributed by atoms with Crippen molar-refractivity contribution in [3.05, 3.63) is 29.8 Å². The number of imidazole rings is 1. The normalized spacial score (nSPS) is 19.5. The largest absolute Gasteiger partial charge is 0.330 e. The molecular formula is C13H16FN3. The second kappa shape index (κ2) is 3.29. The minimum atomic E-state index is -0.412. The first-order valence-electron chi connectivity index (χ1n) is 5.91. The van der Waals surface area contributed by atoms with E-state index >= 15 is 0 Å². The summed E-state index contributed by atoms with van der Waals surface area (Å²) in [5.74, 6) is 1.09. The van der Waals surface area contributed by atoms with Crippen molar-refractivity contribution in [2.75, 3.05) is 0 Å². The molecule has 0 saturated heterocycles. The number of nitrogens with zero attached hydrogens (tertiary/aromatic N) is 2. The molecular weight excluding hydrogens is 217 g/mol. The van der Waals surface area contributed by atoms with Crippen molar-refractivity contribution < 1.29 is 4.39 Å². The Labute approximate surface area is 99.4 Å². The summed E-state index contributed by atoms with van der Waals surface area (Å²) < 4.78 is 15.1. The maximum Gasteiger partial charge on any atom is 0.129 e. The molecule has 0 radical (unpaired) electrons. The fourth-order valence-electron chi connectivity index (χ4n) is 2.52. The fourth-order valence-corrected chi connectivity index (χ4v) is 2.52. The quantitative estimate of drug-likeness (QED) is 0.865. The van der Waals surface area contributed by atoms with Gasteiger partial charge in [0.05, 0.1) is 16.6 Å². The van der Waals surface area contributed by atoms with Crippen LogP contribution in [0, 0.1) is 11.7 Å². The Kier molecular flexibility index (Phi) is 2.08. The SMILES string of the molecule is Cn1c(C(C)(N)C2CC2)nc2cc(F)ccc21. The third kappa shape index (κ3) is 1.55. The van der Waals surface area contributed by atoms with Gasteiger partial charge >= 0.3 is 0 Å². The molecule has 90 valence electrons. The van der Waals surface area contributed by atoms with Crippen LogP contribution in [0.5, 0.6) is 0 Å². The monoisotopic (exact) mass is 233 g/mol. The number of benzene rings is 1. The average molecular weight is 233 g/mol. The predicted molar refractivity (Wildman–Crippen MR) is 64.9 cm³/mol. The third-order valence-electron chi connectivity index (χ3n) is 3.75. The predicted octanol–water partition coefficient (Wildman–Crippen LogP) is 2.30. The number of aromatic nitrogens is 2. The Morgan fingerprint density at radius 1 is 1.47 bits per heavy atom. The second-order valence-corrected chi connectivity index (χ2v) is 5.18. The van der Waals surface area contributed by atoms with E-state index in [0.717, 1.165) is 24.2 Å². The van der Waals surface area contributed by atoms with E-state index in [-0.39, 0.29) is 5.82 Å². The summed E-state index contributed by atoms with van der Waals surface area (Å²) in [4.78, 5) is 4.50. The van der Waals surface area contributed by atoms with E-state index in [1.807, 2.05) is 18.5 Å². The van der Waals surface area contributed by atoms with Gasteiger partial charge in [0, 0.05) is 13.1 Å². The van der Waals surface area contributed by atoms with Gasteiger partial charge in [-0.05, 0) is 37.8 Å². The molecule has 4 heteroatoms. The maximum atomic E-state index is 13.2. The first kappa shape index (κ1) is 10.7. The van der Waals surface area contributed by atoms with E-state index in [1.165, 1.54) is 12.1 Å². The van der Waals surface area contributed by atoms with Gasteiger partial charge in [0.1, 0.15) is 11.6 Å². The summed E-state index contributed by atoms with van der Waals surface area (Å²) in [5, 5.41) is 0. The van der Waals surface area contributed by atoms with Crippen LogP contribution in [0.25, 0.3) is 11.0 Å². The zero-order valence-corrected chi connectivity index (χ0v) is 10.1. The summed E-state index contributed by atoms with van der Waals surface area (Å²) in [6.07, 6.45) is 2.31.